The predicted octanol–water partition coefficient (Wildman–Crippen LogP) is 2.27. The summed E-state index contributed by atoms with van der Waals surface area (Å²) in [4.78, 5) is 4.90. The summed E-state index contributed by atoms with van der Waals surface area (Å²) in [5.74, 6) is 0. The number of rotatable bonds is 6. The molecule has 0 radical (unpaired) electrons. The highest BCUT2D eigenvalue weighted by molar-refractivity contribution is 5.17. The number of benzene rings is 1. The smallest absolute Gasteiger partial charge is 0.0594 e. The summed E-state index contributed by atoms with van der Waals surface area (Å²) >= 11 is 0. The highest BCUT2D eigenvalue weighted by Gasteiger charge is 2.28. The standard InChI is InChI=1S/C17H28N2O/c1-17(18(2)3,15-16-7-5-4-6-8-16)9-10-19-11-13-20-14-12-19/h4-8H,9-15H2,1-3H3. The summed E-state index contributed by atoms with van der Waals surface area (Å²) in [6.45, 7) is 7.46. The van der Waals surface area contributed by atoms with E-state index in [2.05, 4.69) is 61.2 Å². The molecule has 1 atom stereocenters. The summed E-state index contributed by atoms with van der Waals surface area (Å²) in [6, 6.07) is 10.8. The van der Waals surface area contributed by atoms with Crippen LogP contribution in [0.15, 0.2) is 30.3 Å². The van der Waals surface area contributed by atoms with E-state index in [0.717, 1.165) is 39.3 Å². The predicted molar refractivity (Wildman–Crippen MR) is 84.1 cm³/mol. The van der Waals surface area contributed by atoms with Gasteiger partial charge in [0.05, 0.1) is 13.2 Å². The minimum absolute atomic E-state index is 0.208. The molecule has 0 aliphatic carbocycles. The number of likely N-dealkylation sites (N-methyl/N-ethyl adjacent to an activating group) is 1. The maximum atomic E-state index is 5.42. The van der Waals surface area contributed by atoms with E-state index in [1.165, 1.54) is 12.0 Å². The van der Waals surface area contributed by atoms with E-state index < -0.39 is 0 Å². The van der Waals surface area contributed by atoms with Crippen molar-refractivity contribution in [3.63, 3.8) is 0 Å². The van der Waals surface area contributed by atoms with E-state index in [4.69, 9.17) is 4.74 Å². The lowest BCUT2D eigenvalue weighted by Gasteiger charge is -2.39. The lowest BCUT2D eigenvalue weighted by atomic mass is 9.88. The molecule has 1 heterocycles. The molecule has 3 heteroatoms. The number of morpholine rings is 1. The molecule has 20 heavy (non-hydrogen) atoms. The van der Waals surface area contributed by atoms with E-state index in [9.17, 15) is 0 Å². The largest absolute Gasteiger partial charge is 0.379 e. The zero-order chi connectivity index (χ0) is 14.4. The Morgan fingerprint density at radius 3 is 2.40 bits per heavy atom. The van der Waals surface area contributed by atoms with Crippen LogP contribution in [0.3, 0.4) is 0 Å². The van der Waals surface area contributed by atoms with E-state index in [1.54, 1.807) is 0 Å². The van der Waals surface area contributed by atoms with Gasteiger partial charge in [-0.3, -0.25) is 4.90 Å². The first-order valence-electron chi connectivity index (χ1n) is 7.62. The number of hydrogen-bond acceptors (Lipinski definition) is 3. The van der Waals surface area contributed by atoms with Crippen LogP contribution in [0.2, 0.25) is 0 Å². The molecule has 1 aliphatic rings. The zero-order valence-electron chi connectivity index (χ0n) is 13.1. The fourth-order valence-corrected chi connectivity index (χ4v) is 2.73. The Balaban J connectivity index is 1.94. The summed E-state index contributed by atoms with van der Waals surface area (Å²) < 4.78 is 5.42. The van der Waals surface area contributed by atoms with Crippen LogP contribution in [0.4, 0.5) is 0 Å². The molecule has 1 saturated heterocycles. The average molecular weight is 276 g/mol. The van der Waals surface area contributed by atoms with Crippen molar-refractivity contribution < 1.29 is 4.74 Å². The zero-order valence-corrected chi connectivity index (χ0v) is 13.1. The van der Waals surface area contributed by atoms with Crippen molar-refractivity contribution in [3.8, 4) is 0 Å². The van der Waals surface area contributed by atoms with Crippen molar-refractivity contribution >= 4 is 0 Å². The van der Waals surface area contributed by atoms with Crippen molar-refractivity contribution in [2.45, 2.75) is 25.3 Å². The second kappa shape index (κ2) is 7.21. The van der Waals surface area contributed by atoms with Gasteiger partial charge in [0.2, 0.25) is 0 Å². The van der Waals surface area contributed by atoms with Crippen molar-refractivity contribution in [2.24, 2.45) is 0 Å². The molecule has 1 unspecified atom stereocenters. The van der Waals surface area contributed by atoms with Gasteiger partial charge >= 0.3 is 0 Å². The van der Waals surface area contributed by atoms with Gasteiger partial charge in [0.1, 0.15) is 0 Å². The van der Waals surface area contributed by atoms with E-state index in [1.807, 2.05) is 0 Å². The molecule has 0 bridgehead atoms. The molecule has 112 valence electrons. The molecule has 0 spiro atoms. The average Bonchev–Trinajstić information content (AvgIpc) is 2.47. The van der Waals surface area contributed by atoms with Gasteiger partial charge in [-0.15, -0.1) is 0 Å². The number of ether oxygens (including phenoxy) is 1. The summed E-state index contributed by atoms with van der Waals surface area (Å²) in [7, 11) is 4.39. The molecule has 0 N–H and O–H groups in total. The second-order valence-corrected chi connectivity index (χ2v) is 6.26. The molecular formula is C17H28N2O. The van der Waals surface area contributed by atoms with Gasteiger partial charge in [0.15, 0.2) is 0 Å². The third kappa shape index (κ3) is 4.30. The van der Waals surface area contributed by atoms with E-state index in [-0.39, 0.29) is 5.54 Å². The first-order chi connectivity index (χ1) is 9.60. The van der Waals surface area contributed by atoms with Gasteiger partial charge in [-0.25, -0.2) is 0 Å². The molecule has 0 aromatic heterocycles. The monoisotopic (exact) mass is 276 g/mol. The molecule has 2 rings (SSSR count). The lowest BCUT2D eigenvalue weighted by Crippen LogP contribution is -2.47. The molecule has 1 fully saturated rings. The third-order valence-electron chi connectivity index (χ3n) is 4.58. The van der Waals surface area contributed by atoms with Crippen LogP contribution in [0, 0.1) is 0 Å². The molecule has 1 aromatic rings. The van der Waals surface area contributed by atoms with Crippen LogP contribution in [0.1, 0.15) is 18.9 Å². The van der Waals surface area contributed by atoms with Crippen LogP contribution < -0.4 is 0 Å². The molecule has 0 amide bonds. The van der Waals surface area contributed by atoms with Crippen LogP contribution in [0.5, 0.6) is 0 Å². The van der Waals surface area contributed by atoms with Gasteiger partial charge < -0.3 is 9.64 Å². The maximum Gasteiger partial charge on any atom is 0.0594 e. The van der Waals surface area contributed by atoms with Gasteiger partial charge in [0.25, 0.3) is 0 Å². The second-order valence-electron chi connectivity index (χ2n) is 6.26. The maximum absolute atomic E-state index is 5.42. The minimum Gasteiger partial charge on any atom is -0.379 e. The highest BCUT2D eigenvalue weighted by atomic mass is 16.5. The van der Waals surface area contributed by atoms with Gasteiger partial charge in [-0.1, -0.05) is 30.3 Å². The van der Waals surface area contributed by atoms with Gasteiger partial charge in [-0.2, -0.15) is 0 Å². The molecular weight excluding hydrogens is 248 g/mol. The van der Waals surface area contributed by atoms with Crippen LogP contribution in [0.25, 0.3) is 0 Å². The highest BCUT2D eigenvalue weighted by Crippen LogP contribution is 2.23. The Hall–Kier alpha value is -0.900. The van der Waals surface area contributed by atoms with Crippen molar-refractivity contribution in [1.29, 1.82) is 0 Å². The van der Waals surface area contributed by atoms with Gasteiger partial charge in [0, 0.05) is 25.2 Å². The topological polar surface area (TPSA) is 15.7 Å². The summed E-state index contributed by atoms with van der Waals surface area (Å²) in [5, 5.41) is 0. The fraction of sp³-hybridized carbons (Fsp3) is 0.647. The first kappa shape index (κ1) is 15.5. The fourth-order valence-electron chi connectivity index (χ4n) is 2.73. The van der Waals surface area contributed by atoms with Crippen LogP contribution in [-0.2, 0) is 11.2 Å². The summed E-state index contributed by atoms with van der Waals surface area (Å²) in [5.41, 5.74) is 1.63. The Bertz CT molecular complexity index is 387. The Kier molecular flexibility index (Phi) is 5.58. The molecule has 1 aromatic carbocycles. The number of hydrogen-bond donors (Lipinski definition) is 0. The Morgan fingerprint density at radius 1 is 1.15 bits per heavy atom. The SMILES string of the molecule is CN(C)C(C)(CCN1CCOCC1)Cc1ccccc1. The molecule has 1 aliphatic heterocycles. The van der Waals surface area contributed by atoms with Crippen molar-refractivity contribution in [2.75, 3.05) is 46.9 Å². The van der Waals surface area contributed by atoms with Crippen LogP contribution >= 0.6 is 0 Å². The quantitative estimate of drug-likeness (QED) is 0.793. The molecule has 0 saturated carbocycles. The summed E-state index contributed by atoms with van der Waals surface area (Å²) in [6.07, 6.45) is 2.29. The number of nitrogens with zero attached hydrogens (tertiary/aromatic N) is 2. The third-order valence-corrected chi connectivity index (χ3v) is 4.58. The lowest BCUT2D eigenvalue weighted by molar-refractivity contribution is 0.0285. The van der Waals surface area contributed by atoms with E-state index >= 15 is 0 Å². The minimum atomic E-state index is 0.208. The Morgan fingerprint density at radius 2 is 1.80 bits per heavy atom. The molecule has 3 nitrogen and oxygen atoms in total. The van der Waals surface area contributed by atoms with Crippen LogP contribution in [-0.4, -0.2) is 62.3 Å². The normalized spacial score (nSPS) is 20.0. The van der Waals surface area contributed by atoms with E-state index in [0.29, 0.717) is 0 Å². The van der Waals surface area contributed by atoms with Crippen molar-refractivity contribution in [3.05, 3.63) is 35.9 Å². The van der Waals surface area contributed by atoms with Crippen molar-refractivity contribution in [1.82, 2.24) is 9.80 Å². The first-order valence-corrected chi connectivity index (χ1v) is 7.62. The van der Waals surface area contributed by atoms with Gasteiger partial charge in [-0.05, 0) is 39.4 Å². The Labute approximate surface area is 123 Å².